The zero-order valence-corrected chi connectivity index (χ0v) is 9.18. The molecule has 0 radical (unpaired) electrons. The van der Waals surface area contributed by atoms with E-state index in [4.69, 9.17) is 5.11 Å². The van der Waals surface area contributed by atoms with Crippen LogP contribution in [0.15, 0.2) is 11.6 Å². The highest BCUT2D eigenvalue weighted by atomic mass is 16.4. The smallest absolute Gasteiger partial charge is 0.330 e. The Balaban J connectivity index is 2.77. The maximum absolute atomic E-state index is 10.8. The summed E-state index contributed by atoms with van der Waals surface area (Å²) in [7, 11) is 0. The first-order valence-corrected chi connectivity index (χ1v) is 5.52. The number of carboxylic acid groups (broad SMARTS) is 1. The molecule has 1 aliphatic rings. The Morgan fingerprint density at radius 1 is 1.43 bits per heavy atom. The van der Waals surface area contributed by atoms with Gasteiger partial charge in [0, 0.05) is 5.57 Å². The molecule has 0 saturated heterocycles. The molecule has 0 unspecified atom stereocenters. The van der Waals surface area contributed by atoms with Crippen LogP contribution in [-0.2, 0) is 4.79 Å². The minimum Gasteiger partial charge on any atom is -0.478 e. The van der Waals surface area contributed by atoms with E-state index < -0.39 is 5.97 Å². The van der Waals surface area contributed by atoms with E-state index in [1.165, 1.54) is 25.7 Å². The summed E-state index contributed by atoms with van der Waals surface area (Å²) in [5.74, 6) is -0.771. The van der Waals surface area contributed by atoms with Gasteiger partial charge < -0.3 is 5.11 Å². The molecule has 1 rings (SSSR count). The quantitative estimate of drug-likeness (QED) is 0.700. The molecule has 0 aliphatic heterocycles. The maximum Gasteiger partial charge on any atom is 0.330 e. The summed E-state index contributed by atoms with van der Waals surface area (Å²) in [4.78, 5) is 10.8. The number of aliphatic carboxylic acids is 1. The minimum absolute atomic E-state index is 0.206. The van der Waals surface area contributed by atoms with Crippen molar-refractivity contribution < 1.29 is 9.90 Å². The molecule has 1 saturated carbocycles. The highest BCUT2D eigenvalue weighted by molar-refractivity contribution is 5.85. The minimum atomic E-state index is -0.771. The molecule has 80 valence electrons. The van der Waals surface area contributed by atoms with Gasteiger partial charge in [0.2, 0.25) is 0 Å². The van der Waals surface area contributed by atoms with Crippen LogP contribution >= 0.6 is 0 Å². The Hall–Kier alpha value is -0.790. The Morgan fingerprint density at radius 3 is 2.43 bits per heavy atom. The second-order valence-corrected chi connectivity index (χ2v) is 4.45. The van der Waals surface area contributed by atoms with Crippen LogP contribution in [0.3, 0.4) is 0 Å². The molecule has 0 amide bonds. The third-order valence-corrected chi connectivity index (χ3v) is 3.21. The lowest BCUT2D eigenvalue weighted by atomic mass is 9.80. The molecule has 1 aliphatic carbocycles. The molecule has 0 heterocycles. The van der Waals surface area contributed by atoms with E-state index in [0.29, 0.717) is 5.57 Å². The Labute approximate surface area is 86.0 Å². The number of allylic oxidation sites excluding steroid dienone is 1. The molecule has 0 aromatic carbocycles. The summed E-state index contributed by atoms with van der Waals surface area (Å²) in [5.41, 5.74) is 0.720. The second kappa shape index (κ2) is 4.63. The first-order valence-electron chi connectivity index (χ1n) is 5.52. The molecule has 1 N–H and O–H groups in total. The van der Waals surface area contributed by atoms with Gasteiger partial charge in [-0.3, -0.25) is 0 Å². The van der Waals surface area contributed by atoms with Crippen molar-refractivity contribution in [1.82, 2.24) is 0 Å². The van der Waals surface area contributed by atoms with Gasteiger partial charge in [0.05, 0.1) is 0 Å². The molecule has 0 aromatic rings. The SMILES string of the molecule is CCCC1(C=C(C)C(=O)O)CCCC1. The summed E-state index contributed by atoms with van der Waals surface area (Å²) in [6, 6.07) is 0. The molecular formula is C12H20O2. The van der Waals surface area contributed by atoms with Crippen LogP contribution < -0.4 is 0 Å². The number of rotatable bonds is 4. The van der Waals surface area contributed by atoms with Gasteiger partial charge in [0.15, 0.2) is 0 Å². The van der Waals surface area contributed by atoms with Gasteiger partial charge in [-0.1, -0.05) is 32.3 Å². The van der Waals surface area contributed by atoms with Gasteiger partial charge in [-0.15, -0.1) is 0 Å². The maximum atomic E-state index is 10.8. The van der Waals surface area contributed by atoms with Crippen molar-refractivity contribution in [3.8, 4) is 0 Å². The monoisotopic (exact) mass is 196 g/mol. The van der Waals surface area contributed by atoms with Crippen molar-refractivity contribution >= 4 is 5.97 Å². The molecule has 2 heteroatoms. The normalized spacial score (nSPS) is 21.1. The fourth-order valence-corrected chi connectivity index (χ4v) is 2.56. The van der Waals surface area contributed by atoms with Gasteiger partial charge in [0.1, 0.15) is 0 Å². The number of hydrogen-bond acceptors (Lipinski definition) is 1. The van der Waals surface area contributed by atoms with Crippen molar-refractivity contribution in [2.45, 2.75) is 52.4 Å². The highest BCUT2D eigenvalue weighted by Crippen LogP contribution is 2.43. The van der Waals surface area contributed by atoms with Crippen molar-refractivity contribution in [3.05, 3.63) is 11.6 Å². The number of hydrogen-bond donors (Lipinski definition) is 1. The van der Waals surface area contributed by atoms with Gasteiger partial charge in [-0.05, 0) is 31.6 Å². The van der Waals surface area contributed by atoms with Crippen molar-refractivity contribution in [2.75, 3.05) is 0 Å². The summed E-state index contributed by atoms with van der Waals surface area (Å²) < 4.78 is 0. The van der Waals surface area contributed by atoms with Crippen LogP contribution in [0.2, 0.25) is 0 Å². The average Bonchev–Trinajstić information content (AvgIpc) is 2.54. The van der Waals surface area contributed by atoms with Crippen LogP contribution in [0.25, 0.3) is 0 Å². The summed E-state index contributed by atoms with van der Waals surface area (Å²) >= 11 is 0. The molecule has 14 heavy (non-hydrogen) atoms. The molecule has 0 aromatic heterocycles. The van der Waals surface area contributed by atoms with Gasteiger partial charge in [-0.2, -0.15) is 0 Å². The lowest BCUT2D eigenvalue weighted by Crippen LogP contribution is -2.14. The second-order valence-electron chi connectivity index (χ2n) is 4.45. The Morgan fingerprint density at radius 2 is 2.00 bits per heavy atom. The third-order valence-electron chi connectivity index (χ3n) is 3.21. The van der Waals surface area contributed by atoms with E-state index in [9.17, 15) is 4.79 Å². The standard InChI is InChI=1S/C12H20O2/c1-3-6-12(7-4-5-8-12)9-10(2)11(13)14/h9H,3-8H2,1-2H3,(H,13,14). The lowest BCUT2D eigenvalue weighted by Gasteiger charge is -2.25. The first kappa shape index (κ1) is 11.3. The van der Waals surface area contributed by atoms with E-state index in [1.54, 1.807) is 6.92 Å². The van der Waals surface area contributed by atoms with Crippen molar-refractivity contribution in [1.29, 1.82) is 0 Å². The topological polar surface area (TPSA) is 37.3 Å². The van der Waals surface area contributed by atoms with Crippen LogP contribution in [0.1, 0.15) is 52.4 Å². The molecule has 2 nitrogen and oxygen atoms in total. The highest BCUT2D eigenvalue weighted by Gasteiger charge is 2.31. The van der Waals surface area contributed by atoms with Gasteiger partial charge >= 0.3 is 5.97 Å². The zero-order chi connectivity index (χ0) is 10.6. The molecular weight excluding hydrogens is 176 g/mol. The largest absolute Gasteiger partial charge is 0.478 e. The predicted octanol–water partition coefficient (Wildman–Crippen LogP) is 3.38. The van der Waals surface area contributed by atoms with E-state index in [2.05, 4.69) is 6.92 Å². The van der Waals surface area contributed by atoms with Crippen LogP contribution in [0.5, 0.6) is 0 Å². The van der Waals surface area contributed by atoms with Crippen LogP contribution in [0, 0.1) is 5.41 Å². The Kier molecular flexibility index (Phi) is 3.73. The fraction of sp³-hybridized carbons (Fsp3) is 0.750. The lowest BCUT2D eigenvalue weighted by molar-refractivity contribution is -0.132. The van der Waals surface area contributed by atoms with E-state index in [-0.39, 0.29) is 5.41 Å². The molecule has 0 bridgehead atoms. The number of carbonyl (C=O) groups is 1. The third kappa shape index (κ3) is 2.60. The van der Waals surface area contributed by atoms with Crippen LogP contribution in [0.4, 0.5) is 0 Å². The first-order chi connectivity index (χ1) is 6.59. The van der Waals surface area contributed by atoms with Gasteiger partial charge in [-0.25, -0.2) is 4.79 Å². The zero-order valence-electron chi connectivity index (χ0n) is 9.18. The summed E-state index contributed by atoms with van der Waals surface area (Å²) in [6.07, 6.45) is 9.14. The summed E-state index contributed by atoms with van der Waals surface area (Å²) in [5, 5.41) is 8.86. The van der Waals surface area contributed by atoms with Crippen molar-refractivity contribution in [3.63, 3.8) is 0 Å². The predicted molar refractivity (Wildman–Crippen MR) is 57.2 cm³/mol. The Bertz CT molecular complexity index is 235. The fourth-order valence-electron chi connectivity index (χ4n) is 2.56. The molecule has 0 spiro atoms. The van der Waals surface area contributed by atoms with E-state index >= 15 is 0 Å². The molecule has 0 atom stereocenters. The van der Waals surface area contributed by atoms with E-state index in [1.807, 2.05) is 6.08 Å². The average molecular weight is 196 g/mol. The van der Waals surface area contributed by atoms with Gasteiger partial charge in [0.25, 0.3) is 0 Å². The molecule has 1 fully saturated rings. The van der Waals surface area contributed by atoms with E-state index in [0.717, 1.165) is 12.8 Å². The van der Waals surface area contributed by atoms with Crippen LogP contribution in [-0.4, -0.2) is 11.1 Å². The summed E-state index contributed by atoms with van der Waals surface area (Å²) in [6.45, 7) is 3.88. The number of carboxylic acids is 1. The van der Waals surface area contributed by atoms with Crippen molar-refractivity contribution in [2.24, 2.45) is 5.41 Å².